The summed E-state index contributed by atoms with van der Waals surface area (Å²) in [6.07, 6.45) is 1.05. The first-order valence-corrected chi connectivity index (χ1v) is 10.6. The van der Waals surface area contributed by atoms with Gasteiger partial charge in [-0.15, -0.1) is 0 Å². The number of carbonyl (C=O) groups is 3. The van der Waals surface area contributed by atoms with Crippen molar-refractivity contribution < 1.29 is 19.1 Å². The van der Waals surface area contributed by atoms with Crippen LogP contribution in [0.2, 0.25) is 0 Å². The minimum atomic E-state index is -0.464. The molecule has 0 spiro atoms. The summed E-state index contributed by atoms with van der Waals surface area (Å²) < 4.78 is 5.59. The van der Waals surface area contributed by atoms with Gasteiger partial charge in [-0.25, -0.2) is 4.90 Å². The van der Waals surface area contributed by atoms with E-state index < -0.39 is 17.7 Å². The summed E-state index contributed by atoms with van der Waals surface area (Å²) in [5.74, 6) is -0.239. The number of carbonyl (C=O) groups excluding carboxylic acids is 3. The highest BCUT2D eigenvalue weighted by molar-refractivity contribution is 6.36. The average Bonchev–Trinajstić information content (AvgIpc) is 3.08. The molecular weight excluding hydrogens is 404 g/mol. The lowest BCUT2D eigenvalue weighted by Crippen LogP contribution is -2.29. The molecule has 6 heteroatoms. The number of nitrogens with zero attached hydrogens (tertiary/aromatic N) is 1. The van der Waals surface area contributed by atoms with Crippen molar-refractivity contribution in [2.75, 3.05) is 16.8 Å². The van der Waals surface area contributed by atoms with Crippen LogP contribution in [-0.2, 0) is 4.79 Å². The van der Waals surface area contributed by atoms with E-state index in [4.69, 9.17) is 4.74 Å². The molecule has 1 atom stereocenters. The van der Waals surface area contributed by atoms with Crippen LogP contribution in [0.1, 0.15) is 52.5 Å². The smallest absolute Gasteiger partial charge is 0.268 e. The maximum atomic E-state index is 13.0. The van der Waals surface area contributed by atoms with Crippen molar-refractivity contribution >= 4 is 29.1 Å². The molecule has 3 amide bonds. The Hall–Kier alpha value is -3.93. The second kappa shape index (κ2) is 9.06. The van der Waals surface area contributed by atoms with Crippen molar-refractivity contribution in [3.8, 4) is 5.75 Å². The molecule has 4 rings (SSSR count). The highest BCUT2D eigenvalue weighted by Gasteiger charge is 2.38. The number of benzene rings is 3. The summed E-state index contributed by atoms with van der Waals surface area (Å²) >= 11 is 0. The maximum absolute atomic E-state index is 13.0. The lowest BCUT2D eigenvalue weighted by atomic mass is 9.99. The van der Waals surface area contributed by atoms with Crippen LogP contribution in [0.5, 0.6) is 5.75 Å². The van der Waals surface area contributed by atoms with E-state index in [0.717, 1.165) is 11.3 Å². The Labute approximate surface area is 186 Å². The minimum absolute atomic E-state index is 0.188. The molecule has 1 heterocycles. The number of nitrogens with one attached hydrogen (secondary N) is 1. The zero-order valence-corrected chi connectivity index (χ0v) is 18.0. The Morgan fingerprint density at radius 1 is 0.938 bits per heavy atom. The molecule has 32 heavy (non-hydrogen) atoms. The molecule has 1 unspecified atom stereocenters. The number of amides is 3. The number of para-hydroxylation sites is 1. The molecule has 3 aromatic rings. The molecule has 0 bridgehead atoms. The van der Waals surface area contributed by atoms with Crippen LogP contribution < -0.4 is 15.0 Å². The Balaban J connectivity index is 1.46. The molecule has 0 saturated carbocycles. The van der Waals surface area contributed by atoms with E-state index >= 15 is 0 Å². The first-order chi connectivity index (χ1) is 15.5. The number of hydrogen-bond donors (Lipinski definition) is 1. The summed E-state index contributed by atoms with van der Waals surface area (Å²) in [6, 6.07) is 21.2. The summed E-state index contributed by atoms with van der Waals surface area (Å²) in [5.41, 5.74) is 2.45. The van der Waals surface area contributed by atoms with E-state index in [1.165, 1.54) is 5.56 Å². The Bertz CT molecular complexity index is 1160. The van der Waals surface area contributed by atoms with Crippen LogP contribution in [0.4, 0.5) is 11.4 Å². The molecule has 1 aliphatic rings. The van der Waals surface area contributed by atoms with Gasteiger partial charge in [0.25, 0.3) is 17.7 Å². The molecule has 3 aromatic carbocycles. The molecule has 0 aromatic heterocycles. The third kappa shape index (κ3) is 4.12. The van der Waals surface area contributed by atoms with Gasteiger partial charge in [-0.3, -0.25) is 14.4 Å². The zero-order valence-electron chi connectivity index (χ0n) is 18.0. The predicted octanol–water partition coefficient (Wildman–Crippen LogP) is 5.02. The Morgan fingerprint density at radius 2 is 1.66 bits per heavy atom. The van der Waals surface area contributed by atoms with Crippen LogP contribution in [0.25, 0.3) is 0 Å². The van der Waals surface area contributed by atoms with E-state index in [9.17, 15) is 14.4 Å². The van der Waals surface area contributed by atoms with E-state index in [1.54, 1.807) is 42.5 Å². The Morgan fingerprint density at radius 3 is 2.34 bits per heavy atom. The van der Waals surface area contributed by atoms with Gasteiger partial charge in [-0.2, -0.15) is 0 Å². The quantitative estimate of drug-likeness (QED) is 0.536. The standard InChI is InChI=1S/C26H24N2O4/c1-3-17(2)18-12-14-20(15-13-18)32-16-23(29)27-22-11-7-10-21-24(22)26(31)28(25(21)30)19-8-5-4-6-9-19/h4-15,17H,3,16H2,1-2H3,(H,27,29). The van der Waals surface area contributed by atoms with E-state index in [1.807, 2.05) is 30.3 Å². The van der Waals surface area contributed by atoms with Crippen LogP contribution in [-0.4, -0.2) is 24.3 Å². The fourth-order valence-electron chi connectivity index (χ4n) is 3.66. The topological polar surface area (TPSA) is 75.7 Å². The highest BCUT2D eigenvalue weighted by atomic mass is 16.5. The number of hydrogen-bond acceptors (Lipinski definition) is 4. The molecule has 0 saturated heterocycles. The van der Waals surface area contributed by atoms with Gasteiger partial charge in [0.05, 0.1) is 22.5 Å². The molecule has 0 fully saturated rings. The largest absolute Gasteiger partial charge is 0.484 e. The number of ether oxygens (including phenoxy) is 1. The monoisotopic (exact) mass is 428 g/mol. The van der Waals surface area contributed by atoms with Crippen molar-refractivity contribution in [3.05, 3.63) is 89.5 Å². The van der Waals surface area contributed by atoms with Gasteiger partial charge in [0.15, 0.2) is 6.61 Å². The van der Waals surface area contributed by atoms with Gasteiger partial charge < -0.3 is 10.1 Å². The van der Waals surface area contributed by atoms with Crippen LogP contribution >= 0.6 is 0 Å². The number of anilines is 2. The lowest BCUT2D eigenvalue weighted by Gasteiger charge is -2.14. The van der Waals surface area contributed by atoms with E-state index in [2.05, 4.69) is 19.2 Å². The van der Waals surface area contributed by atoms with Gasteiger partial charge in [0.2, 0.25) is 0 Å². The predicted molar refractivity (Wildman–Crippen MR) is 123 cm³/mol. The van der Waals surface area contributed by atoms with Crippen molar-refractivity contribution in [2.24, 2.45) is 0 Å². The number of rotatable bonds is 7. The zero-order chi connectivity index (χ0) is 22.7. The third-order valence-electron chi connectivity index (χ3n) is 5.63. The molecular formula is C26H24N2O4. The first kappa shape index (κ1) is 21.3. The molecule has 1 N–H and O–H groups in total. The van der Waals surface area contributed by atoms with Crippen molar-refractivity contribution in [2.45, 2.75) is 26.2 Å². The number of fused-ring (bicyclic) bond motifs is 1. The van der Waals surface area contributed by atoms with Gasteiger partial charge >= 0.3 is 0 Å². The van der Waals surface area contributed by atoms with Crippen LogP contribution in [0, 0.1) is 0 Å². The first-order valence-electron chi connectivity index (χ1n) is 10.6. The van der Waals surface area contributed by atoms with Crippen molar-refractivity contribution in [1.29, 1.82) is 0 Å². The second-order valence-electron chi connectivity index (χ2n) is 7.72. The summed E-state index contributed by atoms with van der Waals surface area (Å²) in [5, 5.41) is 2.71. The van der Waals surface area contributed by atoms with Crippen molar-refractivity contribution in [3.63, 3.8) is 0 Å². The fourth-order valence-corrected chi connectivity index (χ4v) is 3.66. The minimum Gasteiger partial charge on any atom is -0.484 e. The summed E-state index contributed by atoms with van der Waals surface area (Å²) in [7, 11) is 0. The molecule has 1 aliphatic heterocycles. The second-order valence-corrected chi connectivity index (χ2v) is 7.72. The van der Waals surface area contributed by atoms with Gasteiger partial charge in [-0.05, 0) is 54.3 Å². The fraction of sp³-hybridized carbons (Fsp3) is 0.192. The van der Waals surface area contributed by atoms with Gasteiger partial charge in [0, 0.05) is 0 Å². The third-order valence-corrected chi connectivity index (χ3v) is 5.63. The van der Waals surface area contributed by atoms with Gasteiger partial charge in [0.1, 0.15) is 5.75 Å². The summed E-state index contributed by atoms with van der Waals surface area (Å²) in [6.45, 7) is 4.08. The van der Waals surface area contributed by atoms with Gasteiger partial charge in [-0.1, -0.05) is 50.2 Å². The van der Waals surface area contributed by atoms with Crippen molar-refractivity contribution in [1.82, 2.24) is 0 Å². The molecule has 162 valence electrons. The van der Waals surface area contributed by atoms with Crippen LogP contribution in [0.15, 0.2) is 72.8 Å². The summed E-state index contributed by atoms with van der Waals surface area (Å²) in [4.78, 5) is 39.5. The molecule has 0 aliphatic carbocycles. The van der Waals surface area contributed by atoms with E-state index in [0.29, 0.717) is 23.0 Å². The maximum Gasteiger partial charge on any atom is 0.268 e. The Kier molecular flexibility index (Phi) is 6.03. The average molecular weight is 428 g/mol. The molecule has 6 nitrogen and oxygen atoms in total. The highest BCUT2D eigenvalue weighted by Crippen LogP contribution is 2.32. The van der Waals surface area contributed by atoms with E-state index in [-0.39, 0.29) is 17.7 Å². The normalized spacial score (nSPS) is 13.6. The van der Waals surface area contributed by atoms with Crippen LogP contribution in [0.3, 0.4) is 0 Å². The SMILES string of the molecule is CCC(C)c1ccc(OCC(=O)Nc2cccc3c2C(=O)N(c2ccccc2)C3=O)cc1. The lowest BCUT2D eigenvalue weighted by molar-refractivity contribution is -0.118. The molecule has 0 radical (unpaired) electrons. The number of imide groups is 1.